The summed E-state index contributed by atoms with van der Waals surface area (Å²) in [7, 11) is 0. The van der Waals surface area contributed by atoms with Crippen molar-refractivity contribution in [2.45, 2.75) is 6.42 Å². The molecule has 0 bridgehead atoms. The Hall–Kier alpha value is -2.34. The normalized spacial score (nSPS) is 25.6. The molecule has 2 saturated heterocycles. The Bertz CT molecular complexity index is 649. The molecule has 2 aliphatic heterocycles. The highest BCUT2D eigenvalue weighted by Gasteiger charge is 2.58. The first-order valence-corrected chi connectivity index (χ1v) is 8.68. The third-order valence-electron chi connectivity index (χ3n) is 5.31. The minimum atomic E-state index is -0.847. The summed E-state index contributed by atoms with van der Waals surface area (Å²) in [5, 5.41) is 12.7. The van der Waals surface area contributed by atoms with E-state index in [-0.39, 0.29) is 18.5 Å². The number of carbonyl (C=O) groups excluding carboxylic acids is 1. The summed E-state index contributed by atoms with van der Waals surface area (Å²) in [5.41, 5.74) is 0.322. The lowest BCUT2D eigenvalue weighted by molar-refractivity contribution is -0.148. The van der Waals surface area contributed by atoms with Gasteiger partial charge in [0.15, 0.2) is 0 Å². The molecule has 2 amide bonds. The van der Waals surface area contributed by atoms with Gasteiger partial charge < -0.3 is 15.3 Å². The van der Waals surface area contributed by atoms with E-state index in [0.29, 0.717) is 32.7 Å². The van der Waals surface area contributed by atoms with E-state index < -0.39 is 11.4 Å². The van der Waals surface area contributed by atoms with E-state index >= 15 is 0 Å². The molecule has 0 saturated carbocycles. The Morgan fingerprint density at radius 3 is 2.68 bits per heavy atom. The number of hydrogen-bond acceptors (Lipinski definition) is 3. The first-order chi connectivity index (χ1) is 12.0. The zero-order valence-electron chi connectivity index (χ0n) is 14.4. The Balaban J connectivity index is 1.55. The highest BCUT2D eigenvalue weighted by Crippen LogP contribution is 2.42. The van der Waals surface area contributed by atoms with Gasteiger partial charge >= 0.3 is 12.0 Å². The summed E-state index contributed by atoms with van der Waals surface area (Å²) in [4.78, 5) is 28.1. The number of likely N-dealkylation sites (tertiary alicyclic amines) is 2. The largest absolute Gasteiger partial charge is 0.481 e. The molecule has 0 radical (unpaired) electrons. The van der Waals surface area contributed by atoms with Crippen molar-refractivity contribution in [3.05, 3.63) is 48.6 Å². The average molecular weight is 343 g/mol. The van der Waals surface area contributed by atoms with E-state index in [9.17, 15) is 14.7 Å². The van der Waals surface area contributed by atoms with Gasteiger partial charge in [-0.05, 0) is 12.0 Å². The standard InChI is InChI=1S/C19H25N3O3/c1-2-10-21-11-16-12-22(14-19(16,13-21)17(23)24)18(25)20-9-8-15-6-4-3-5-7-15/h2-7,16H,1,8-14H2,(H,20,25)(H,23,24)/t16-,19-/m0/s1. The van der Waals surface area contributed by atoms with Crippen LogP contribution in [0.4, 0.5) is 4.79 Å². The predicted molar refractivity (Wildman–Crippen MR) is 95.3 cm³/mol. The van der Waals surface area contributed by atoms with Crippen LogP contribution in [0.2, 0.25) is 0 Å². The number of nitrogens with zero attached hydrogens (tertiary/aromatic N) is 2. The molecule has 2 N–H and O–H groups in total. The zero-order chi connectivity index (χ0) is 17.9. The molecule has 3 rings (SSSR count). The Morgan fingerprint density at radius 1 is 1.28 bits per heavy atom. The molecule has 0 aromatic heterocycles. The Labute approximate surface area is 148 Å². The number of aliphatic carboxylic acids is 1. The number of nitrogens with one attached hydrogen (secondary N) is 1. The summed E-state index contributed by atoms with van der Waals surface area (Å²) in [6, 6.07) is 9.81. The van der Waals surface area contributed by atoms with Crippen LogP contribution in [0.15, 0.2) is 43.0 Å². The number of hydrogen-bond donors (Lipinski definition) is 2. The van der Waals surface area contributed by atoms with E-state index in [1.54, 1.807) is 11.0 Å². The molecule has 2 atom stereocenters. The lowest BCUT2D eigenvalue weighted by atomic mass is 9.81. The van der Waals surface area contributed by atoms with Crippen LogP contribution in [0.25, 0.3) is 0 Å². The van der Waals surface area contributed by atoms with Crippen molar-refractivity contribution in [2.75, 3.05) is 39.3 Å². The fourth-order valence-corrected chi connectivity index (χ4v) is 4.02. The highest BCUT2D eigenvalue weighted by molar-refractivity contribution is 5.81. The number of carbonyl (C=O) groups is 2. The number of carboxylic acid groups (broad SMARTS) is 1. The second kappa shape index (κ2) is 7.27. The van der Waals surface area contributed by atoms with Gasteiger partial charge in [0.05, 0.1) is 0 Å². The summed E-state index contributed by atoms with van der Waals surface area (Å²) in [6.07, 6.45) is 2.56. The molecule has 0 unspecified atom stereocenters. The van der Waals surface area contributed by atoms with E-state index in [2.05, 4.69) is 16.8 Å². The topological polar surface area (TPSA) is 72.9 Å². The van der Waals surface area contributed by atoms with E-state index in [1.165, 1.54) is 5.56 Å². The molecule has 2 heterocycles. The molecular weight excluding hydrogens is 318 g/mol. The first kappa shape index (κ1) is 17.5. The van der Waals surface area contributed by atoms with Crippen molar-refractivity contribution in [2.24, 2.45) is 11.3 Å². The van der Waals surface area contributed by atoms with Crippen LogP contribution >= 0.6 is 0 Å². The van der Waals surface area contributed by atoms with Crippen molar-refractivity contribution < 1.29 is 14.7 Å². The van der Waals surface area contributed by atoms with E-state index in [1.807, 2.05) is 30.3 Å². The van der Waals surface area contributed by atoms with Crippen molar-refractivity contribution in [1.29, 1.82) is 0 Å². The average Bonchev–Trinajstić information content (AvgIpc) is 3.11. The summed E-state index contributed by atoms with van der Waals surface area (Å²) in [5.74, 6) is -0.825. The zero-order valence-corrected chi connectivity index (χ0v) is 14.4. The van der Waals surface area contributed by atoms with Crippen molar-refractivity contribution in [3.8, 4) is 0 Å². The monoisotopic (exact) mass is 343 g/mol. The maximum absolute atomic E-state index is 12.4. The Kier molecular flexibility index (Phi) is 5.08. The van der Waals surface area contributed by atoms with Crippen LogP contribution in [-0.4, -0.2) is 66.2 Å². The number of carboxylic acids is 1. The van der Waals surface area contributed by atoms with Crippen LogP contribution in [0.5, 0.6) is 0 Å². The molecule has 1 aromatic rings. The number of benzene rings is 1. The predicted octanol–water partition coefficient (Wildman–Crippen LogP) is 1.44. The molecule has 25 heavy (non-hydrogen) atoms. The SMILES string of the molecule is C=CCN1C[C@H]2CN(C(=O)NCCc3ccccc3)C[C@@]2(C(=O)O)C1. The van der Waals surface area contributed by atoms with Gasteiger partial charge in [-0.1, -0.05) is 36.4 Å². The number of urea groups is 1. The second-order valence-electron chi connectivity index (χ2n) is 6.99. The van der Waals surface area contributed by atoms with Crippen molar-refractivity contribution in [3.63, 3.8) is 0 Å². The molecular formula is C19H25N3O3. The number of fused-ring (bicyclic) bond motifs is 1. The fourth-order valence-electron chi connectivity index (χ4n) is 4.02. The van der Waals surface area contributed by atoms with Crippen LogP contribution in [0, 0.1) is 11.3 Å². The molecule has 1 aromatic carbocycles. The number of rotatable bonds is 6. The van der Waals surface area contributed by atoms with Gasteiger partial charge in [0, 0.05) is 45.2 Å². The molecule has 2 fully saturated rings. The van der Waals surface area contributed by atoms with Crippen LogP contribution in [0.1, 0.15) is 5.56 Å². The van der Waals surface area contributed by atoms with Gasteiger partial charge in [0.25, 0.3) is 0 Å². The summed E-state index contributed by atoms with van der Waals surface area (Å²) >= 11 is 0. The van der Waals surface area contributed by atoms with Crippen LogP contribution in [0.3, 0.4) is 0 Å². The summed E-state index contributed by atoms with van der Waals surface area (Å²) in [6.45, 7) is 6.91. The van der Waals surface area contributed by atoms with Gasteiger partial charge in [-0.3, -0.25) is 9.69 Å². The molecule has 6 heteroatoms. The fraction of sp³-hybridized carbons (Fsp3) is 0.474. The maximum atomic E-state index is 12.4. The van der Waals surface area contributed by atoms with E-state index in [0.717, 1.165) is 6.42 Å². The highest BCUT2D eigenvalue weighted by atomic mass is 16.4. The van der Waals surface area contributed by atoms with Crippen molar-refractivity contribution in [1.82, 2.24) is 15.1 Å². The van der Waals surface area contributed by atoms with Gasteiger partial charge in [-0.15, -0.1) is 6.58 Å². The minimum Gasteiger partial charge on any atom is -0.481 e. The minimum absolute atomic E-state index is 0.0233. The second-order valence-corrected chi connectivity index (χ2v) is 6.99. The quantitative estimate of drug-likeness (QED) is 0.767. The van der Waals surface area contributed by atoms with E-state index in [4.69, 9.17) is 0 Å². The van der Waals surface area contributed by atoms with Crippen LogP contribution in [-0.2, 0) is 11.2 Å². The van der Waals surface area contributed by atoms with Gasteiger partial charge in [0.2, 0.25) is 0 Å². The Morgan fingerprint density at radius 2 is 2.04 bits per heavy atom. The first-order valence-electron chi connectivity index (χ1n) is 8.68. The van der Waals surface area contributed by atoms with Gasteiger partial charge in [-0.2, -0.15) is 0 Å². The molecule has 0 spiro atoms. The third kappa shape index (κ3) is 3.54. The lowest BCUT2D eigenvalue weighted by Crippen LogP contribution is -2.45. The smallest absolute Gasteiger partial charge is 0.317 e. The third-order valence-corrected chi connectivity index (χ3v) is 5.31. The maximum Gasteiger partial charge on any atom is 0.317 e. The molecule has 6 nitrogen and oxygen atoms in total. The lowest BCUT2D eigenvalue weighted by Gasteiger charge is -2.25. The molecule has 0 aliphatic carbocycles. The number of amides is 2. The summed E-state index contributed by atoms with van der Waals surface area (Å²) < 4.78 is 0. The van der Waals surface area contributed by atoms with Gasteiger partial charge in [-0.25, -0.2) is 4.79 Å². The van der Waals surface area contributed by atoms with Crippen molar-refractivity contribution >= 4 is 12.0 Å². The molecule has 134 valence electrons. The molecule has 2 aliphatic rings. The van der Waals surface area contributed by atoms with Crippen LogP contribution < -0.4 is 5.32 Å². The van der Waals surface area contributed by atoms with Gasteiger partial charge in [0.1, 0.15) is 5.41 Å².